The van der Waals surface area contributed by atoms with Crippen LogP contribution in [0, 0.1) is 0 Å². The lowest BCUT2D eigenvalue weighted by atomic mass is 9.87. The normalized spacial score (nSPS) is 10.8. The van der Waals surface area contributed by atoms with Gasteiger partial charge in [-0.25, -0.2) is 0 Å². The molecule has 0 bridgehead atoms. The summed E-state index contributed by atoms with van der Waals surface area (Å²) >= 11 is 0. The van der Waals surface area contributed by atoms with E-state index in [1.54, 1.807) is 19.1 Å². The van der Waals surface area contributed by atoms with Crippen molar-refractivity contribution in [2.75, 3.05) is 26.3 Å². The van der Waals surface area contributed by atoms with Crippen LogP contribution in [0.25, 0.3) is 0 Å². The Kier molecular flexibility index (Phi) is 9.85. The number of hydrogen-bond donors (Lipinski definition) is 2. The lowest BCUT2D eigenvalue weighted by molar-refractivity contribution is -0.147. The minimum absolute atomic E-state index is 0.0157. The predicted molar refractivity (Wildman–Crippen MR) is 107 cm³/mol. The summed E-state index contributed by atoms with van der Waals surface area (Å²) in [5.74, 6) is -1.92. The molecule has 29 heavy (non-hydrogen) atoms. The molecule has 2 N–H and O–H groups in total. The molecule has 8 nitrogen and oxygen atoms in total. The third-order valence-corrected chi connectivity index (χ3v) is 3.96. The number of hydrogen-bond acceptors (Lipinski definition) is 6. The summed E-state index contributed by atoms with van der Waals surface area (Å²) in [7, 11) is 0. The zero-order chi connectivity index (χ0) is 21.9. The first-order chi connectivity index (χ1) is 13.6. The minimum atomic E-state index is -0.716. The Morgan fingerprint density at radius 2 is 1.59 bits per heavy atom. The maximum absolute atomic E-state index is 12.1. The van der Waals surface area contributed by atoms with Crippen molar-refractivity contribution in [2.45, 2.75) is 46.0 Å². The van der Waals surface area contributed by atoms with Crippen molar-refractivity contribution in [3.63, 3.8) is 0 Å². The molecule has 0 saturated carbocycles. The molecule has 1 aromatic carbocycles. The Bertz CT molecular complexity index is 707. The molecule has 0 fully saturated rings. The average molecular weight is 406 g/mol. The molecule has 160 valence electrons. The Morgan fingerprint density at radius 3 is 2.17 bits per heavy atom. The van der Waals surface area contributed by atoms with Gasteiger partial charge in [-0.15, -0.1) is 0 Å². The topological polar surface area (TPSA) is 111 Å². The first-order valence-electron chi connectivity index (χ1n) is 9.60. The van der Waals surface area contributed by atoms with Crippen molar-refractivity contribution >= 4 is 23.8 Å². The summed E-state index contributed by atoms with van der Waals surface area (Å²) in [6, 6.07) is 7.15. The van der Waals surface area contributed by atoms with Crippen LogP contribution in [0.1, 0.15) is 56.5 Å². The first kappa shape index (κ1) is 24.1. The summed E-state index contributed by atoms with van der Waals surface area (Å²) < 4.78 is 9.58. The van der Waals surface area contributed by atoms with Gasteiger partial charge in [-0.1, -0.05) is 32.9 Å². The van der Waals surface area contributed by atoms with Gasteiger partial charge in [-0.3, -0.25) is 19.2 Å². The molecule has 1 rings (SSSR count). The van der Waals surface area contributed by atoms with Crippen LogP contribution in [0.3, 0.4) is 0 Å². The van der Waals surface area contributed by atoms with Gasteiger partial charge in [0.1, 0.15) is 6.54 Å². The summed E-state index contributed by atoms with van der Waals surface area (Å²) in [5, 5.41) is 4.99. The van der Waals surface area contributed by atoms with Gasteiger partial charge in [0.25, 0.3) is 11.8 Å². The van der Waals surface area contributed by atoms with Gasteiger partial charge in [-0.05, 0) is 36.5 Å². The largest absolute Gasteiger partial charge is 0.466 e. The third-order valence-electron chi connectivity index (χ3n) is 3.96. The van der Waals surface area contributed by atoms with E-state index in [4.69, 9.17) is 9.47 Å². The van der Waals surface area contributed by atoms with Crippen LogP contribution in [0.4, 0.5) is 0 Å². The quantitative estimate of drug-likeness (QED) is 0.452. The van der Waals surface area contributed by atoms with Gasteiger partial charge in [0.15, 0.2) is 6.61 Å². The van der Waals surface area contributed by atoms with E-state index in [0.29, 0.717) is 18.6 Å². The van der Waals surface area contributed by atoms with Gasteiger partial charge in [-0.2, -0.15) is 0 Å². The summed E-state index contributed by atoms with van der Waals surface area (Å²) in [5.41, 5.74) is 1.52. The second-order valence-electron chi connectivity index (χ2n) is 7.43. The van der Waals surface area contributed by atoms with E-state index in [1.165, 1.54) is 0 Å². The van der Waals surface area contributed by atoms with Crippen LogP contribution in [0.5, 0.6) is 0 Å². The van der Waals surface area contributed by atoms with Crippen molar-refractivity contribution in [3.05, 3.63) is 35.4 Å². The van der Waals surface area contributed by atoms with Crippen LogP contribution in [-0.2, 0) is 29.3 Å². The van der Waals surface area contributed by atoms with E-state index < -0.39 is 24.4 Å². The van der Waals surface area contributed by atoms with Crippen molar-refractivity contribution in [3.8, 4) is 0 Å². The third kappa shape index (κ3) is 9.73. The fourth-order valence-corrected chi connectivity index (χ4v) is 2.32. The van der Waals surface area contributed by atoms with Crippen LogP contribution in [0.2, 0.25) is 0 Å². The SMILES string of the molecule is CCOC(=O)CCCNC(=O)COC(=O)CNC(=O)c1ccc(C(C)(C)C)cc1. The predicted octanol–water partition coefficient (Wildman–Crippen LogP) is 1.72. The summed E-state index contributed by atoms with van der Waals surface area (Å²) in [6.07, 6.45) is 0.638. The summed E-state index contributed by atoms with van der Waals surface area (Å²) in [4.78, 5) is 46.5. The van der Waals surface area contributed by atoms with Gasteiger partial charge >= 0.3 is 11.9 Å². The van der Waals surface area contributed by atoms with E-state index in [9.17, 15) is 19.2 Å². The highest BCUT2D eigenvalue weighted by Gasteiger charge is 2.15. The molecular formula is C21H30N2O6. The molecule has 2 amide bonds. The molecule has 1 aromatic rings. The van der Waals surface area contributed by atoms with Crippen molar-refractivity contribution in [1.29, 1.82) is 0 Å². The molecule has 0 aliphatic carbocycles. The minimum Gasteiger partial charge on any atom is -0.466 e. The van der Waals surface area contributed by atoms with Crippen molar-refractivity contribution in [2.24, 2.45) is 0 Å². The molecular weight excluding hydrogens is 376 g/mol. The fraction of sp³-hybridized carbons (Fsp3) is 0.524. The Balaban J connectivity index is 2.25. The average Bonchev–Trinajstić information content (AvgIpc) is 2.67. The fourth-order valence-electron chi connectivity index (χ4n) is 2.32. The van der Waals surface area contributed by atoms with Crippen LogP contribution >= 0.6 is 0 Å². The Morgan fingerprint density at radius 1 is 0.931 bits per heavy atom. The van der Waals surface area contributed by atoms with Crippen molar-refractivity contribution in [1.82, 2.24) is 10.6 Å². The zero-order valence-corrected chi connectivity index (χ0v) is 17.5. The van der Waals surface area contributed by atoms with E-state index in [2.05, 4.69) is 31.4 Å². The van der Waals surface area contributed by atoms with Gasteiger partial charge in [0.2, 0.25) is 0 Å². The smallest absolute Gasteiger partial charge is 0.325 e. The first-order valence-corrected chi connectivity index (χ1v) is 9.60. The lowest BCUT2D eigenvalue weighted by Crippen LogP contribution is -2.34. The molecule has 0 aliphatic rings. The number of nitrogens with one attached hydrogen (secondary N) is 2. The van der Waals surface area contributed by atoms with Gasteiger partial charge in [0, 0.05) is 18.5 Å². The highest BCUT2D eigenvalue weighted by atomic mass is 16.5. The number of esters is 2. The lowest BCUT2D eigenvalue weighted by Gasteiger charge is -2.19. The van der Waals surface area contributed by atoms with Crippen LogP contribution in [0.15, 0.2) is 24.3 Å². The number of benzene rings is 1. The molecule has 0 heterocycles. The highest BCUT2D eigenvalue weighted by molar-refractivity contribution is 5.96. The standard InChI is InChI=1S/C21H30N2O6/c1-5-28-18(25)7-6-12-22-17(24)14-29-19(26)13-23-20(27)15-8-10-16(11-9-15)21(2,3)4/h8-11H,5-7,12-14H2,1-4H3,(H,22,24)(H,23,27). The maximum Gasteiger partial charge on any atom is 0.325 e. The number of rotatable bonds is 10. The van der Waals surface area contributed by atoms with E-state index >= 15 is 0 Å². The molecule has 0 unspecified atom stereocenters. The number of carbonyl (C=O) groups excluding carboxylic acids is 4. The number of carbonyl (C=O) groups is 4. The zero-order valence-electron chi connectivity index (χ0n) is 17.5. The second kappa shape index (κ2) is 11.8. The Hall–Kier alpha value is -2.90. The molecule has 0 saturated heterocycles. The second-order valence-corrected chi connectivity index (χ2v) is 7.43. The molecule has 0 aromatic heterocycles. The van der Waals surface area contributed by atoms with E-state index in [1.807, 2.05) is 12.1 Å². The monoisotopic (exact) mass is 406 g/mol. The molecule has 0 radical (unpaired) electrons. The summed E-state index contributed by atoms with van der Waals surface area (Å²) in [6.45, 7) is 7.76. The molecule has 0 aliphatic heterocycles. The molecule has 0 atom stereocenters. The molecule has 0 spiro atoms. The van der Waals surface area contributed by atoms with Gasteiger partial charge in [0.05, 0.1) is 6.61 Å². The van der Waals surface area contributed by atoms with Crippen LogP contribution in [-0.4, -0.2) is 50.1 Å². The number of amides is 2. The van der Waals surface area contributed by atoms with E-state index in [0.717, 1.165) is 5.56 Å². The number of ether oxygens (including phenoxy) is 2. The van der Waals surface area contributed by atoms with Crippen LogP contribution < -0.4 is 10.6 Å². The maximum atomic E-state index is 12.1. The van der Waals surface area contributed by atoms with Crippen molar-refractivity contribution < 1.29 is 28.7 Å². The van der Waals surface area contributed by atoms with Gasteiger partial charge < -0.3 is 20.1 Å². The van der Waals surface area contributed by atoms with E-state index in [-0.39, 0.29) is 30.9 Å². The Labute approximate surface area is 171 Å². The highest BCUT2D eigenvalue weighted by Crippen LogP contribution is 2.22. The molecule has 8 heteroatoms.